The normalized spacial score (nSPS) is 10.9. The Morgan fingerprint density at radius 2 is 1.89 bits per heavy atom. The van der Waals surface area contributed by atoms with Gasteiger partial charge in [-0.3, -0.25) is 0 Å². The molecule has 0 atom stereocenters. The van der Waals surface area contributed by atoms with Gasteiger partial charge < -0.3 is 15.0 Å². The van der Waals surface area contributed by atoms with Crippen LogP contribution in [0.25, 0.3) is 0 Å². The monoisotopic (exact) mass is 250 g/mol. The van der Waals surface area contributed by atoms with E-state index >= 15 is 0 Å². The van der Waals surface area contributed by atoms with Crippen LogP contribution in [-0.2, 0) is 11.2 Å². The first kappa shape index (κ1) is 15.0. The van der Waals surface area contributed by atoms with Crippen molar-refractivity contribution in [1.82, 2.24) is 4.90 Å². The number of para-hydroxylation sites is 1. The highest BCUT2D eigenvalue weighted by atomic mass is 16.5. The Bertz CT molecular complexity index is 324. The molecule has 18 heavy (non-hydrogen) atoms. The van der Waals surface area contributed by atoms with E-state index in [4.69, 9.17) is 4.74 Å². The zero-order valence-electron chi connectivity index (χ0n) is 11.9. The number of likely N-dealkylation sites (N-methyl/N-ethyl adjacent to an activating group) is 1. The second-order valence-corrected chi connectivity index (χ2v) is 4.35. The van der Waals surface area contributed by atoms with Gasteiger partial charge in [0.05, 0.1) is 6.61 Å². The van der Waals surface area contributed by atoms with Gasteiger partial charge in [0.1, 0.15) is 0 Å². The molecule has 0 saturated heterocycles. The number of rotatable bonds is 9. The Morgan fingerprint density at radius 1 is 1.17 bits per heavy atom. The molecule has 102 valence electrons. The molecule has 0 aliphatic carbocycles. The summed E-state index contributed by atoms with van der Waals surface area (Å²) < 4.78 is 5.14. The van der Waals surface area contributed by atoms with Gasteiger partial charge in [-0.2, -0.15) is 0 Å². The number of methoxy groups -OCH3 is 1. The highest BCUT2D eigenvalue weighted by Gasteiger charge is 2.02. The lowest BCUT2D eigenvalue weighted by Gasteiger charge is -2.19. The van der Waals surface area contributed by atoms with Gasteiger partial charge in [-0.1, -0.05) is 32.0 Å². The highest BCUT2D eigenvalue weighted by molar-refractivity contribution is 5.51. The van der Waals surface area contributed by atoms with Crippen molar-refractivity contribution in [3.63, 3.8) is 0 Å². The van der Waals surface area contributed by atoms with Crippen molar-refractivity contribution in [3.05, 3.63) is 29.8 Å². The first-order valence-corrected chi connectivity index (χ1v) is 6.84. The first-order chi connectivity index (χ1) is 8.81. The van der Waals surface area contributed by atoms with Gasteiger partial charge in [0, 0.05) is 25.9 Å². The van der Waals surface area contributed by atoms with Crippen LogP contribution in [0, 0.1) is 0 Å². The molecular weight excluding hydrogens is 224 g/mol. The van der Waals surface area contributed by atoms with Crippen LogP contribution in [0.5, 0.6) is 0 Å². The third-order valence-electron chi connectivity index (χ3n) is 3.23. The quantitative estimate of drug-likeness (QED) is 0.729. The van der Waals surface area contributed by atoms with Crippen molar-refractivity contribution in [3.8, 4) is 0 Å². The highest BCUT2D eigenvalue weighted by Crippen LogP contribution is 2.15. The molecular formula is C15H26N2O. The molecule has 1 N–H and O–H groups in total. The molecule has 3 heteroatoms. The van der Waals surface area contributed by atoms with Gasteiger partial charge in [0.25, 0.3) is 0 Å². The Morgan fingerprint density at radius 3 is 2.56 bits per heavy atom. The van der Waals surface area contributed by atoms with E-state index < -0.39 is 0 Å². The van der Waals surface area contributed by atoms with Gasteiger partial charge in [-0.25, -0.2) is 0 Å². The lowest BCUT2D eigenvalue weighted by Crippen LogP contribution is -2.28. The van der Waals surface area contributed by atoms with Crippen LogP contribution in [0.1, 0.15) is 19.4 Å². The zero-order valence-corrected chi connectivity index (χ0v) is 11.9. The topological polar surface area (TPSA) is 24.5 Å². The number of nitrogens with one attached hydrogen (secondary N) is 1. The van der Waals surface area contributed by atoms with E-state index in [1.165, 1.54) is 11.3 Å². The molecule has 0 spiro atoms. The van der Waals surface area contributed by atoms with Gasteiger partial charge in [-0.05, 0) is 31.1 Å². The number of benzene rings is 1. The number of hydrogen-bond acceptors (Lipinski definition) is 3. The molecule has 1 rings (SSSR count). The number of hydrogen-bond donors (Lipinski definition) is 1. The fourth-order valence-corrected chi connectivity index (χ4v) is 2.01. The van der Waals surface area contributed by atoms with Gasteiger partial charge in [-0.15, -0.1) is 0 Å². The maximum Gasteiger partial charge on any atom is 0.0503 e. The van der Waals surface area contributed by atoms with Crippen LogP contribution in [0.15, 0.2) is 24.3 Å². The summed E-state index contributed by atoms with van der Waals surface area (Å²) in [5.74, 6) is 0. The van der Waals surface area contributed by atoms with Gasteiger partial charge >= 0.3 is 0 Å². The molecule has 0 bridgehead atoms. The number of anilines is 1. The molecule has 3 nitrogen and oxygen atoms in total. The van der Waals surface area contributed by atoms with Crippen molar-refractivity contribution >= 4 is 5.69 Å². The largest absolute Gasteiger partial charge is 0.384 e. The fraction of sp³-hybridized carbons (Fsp3) is 0.600. The summed E-state index contributed by atoms with van der Waals surface area (Å²) in [5, 5.41) is 3.52. The summed E-state index contributed by atoms with van der Waals surface area (Å²) in [6.45, 7) is 9.49. The summed E-state index contributed by atoms with van der Waals surface area (Å²) in [6, 6.07) is 8.47. The average Bonchev–Trinajstić information content (AvgIpc) is 2.42. The summed E-state index contributed by atoms with van der Waals surface area (Å²) in [5.41, 5.74) is 2.57. The molecule has 0 aliphatic rings. The SMILES string of the molecule is CCN(CC)CCNc1ccccc1CCOC. The lowest BCUT2D eigenvalue weighted by atomic mass is 10.1. The summed E-state index contributed by atoms with van der Waals surface area (Å²) in [4.78, 5) is 2.42. The maximum atomic E-state index is 5.14. The molecule has 0 saturated carbocycles. The predicted octanol–water partition coefficient (Wildman–Crippen LogP) is 2.63. The zero-order chi connectivity index (χ0) is 13.2. The van der Waals surface area contributed by atoms with Crippen LogP contribution in [-0.4, -0.2) is 44.8 Å². The van der Waals surface area contributed by atoms with Crippen LogP contribution in [0.3, 0.4) is 0 Å². The molecule has 0 aromatic heterocycles. The van der Waals surface area contributed by atoms with E-state index in [0.717, 1.165) is 39.2 Å². The molecule has 0 heterocycles. The van der Waals surface area contributed by atoms with E-state index in [9.17, 15) is 0 Å². The standard InChI is InChI=1S/C15H26N2O/c1-4-17(5-2)12-11-16-15-9-7-6-8-14(15)10-13-18-3/h6-9,16H,4-5,10-13H2,1-3H3. The molecule has 0 amide bonds. The van der Waals surface area contributed by atoms with Crippen molar-refractivity contribution in [2.24, 2.45) is 0 Å². The summed E-state index contributed by atoms with van der Waals surface area (Å²) in [6.07, 6.45) is 0.963. The minimum absolute atomic E-state index is 0.773. The van der Waals surface area contributed by atoms with Crippen molar-refractivity contribution in [2.75, 3.05) is 45.2 Å². The number of nitrogens with zero attached hydrogens (tertiary/aromatic N) is 1. The van der Waals surface area contributed by atoms with Crippen LogP contribution in [0.2, 0.25) is 0 Å². The molecule has 0 unspecified atom stereocenters. The average molecular weight is 250 g/mol. The Kier molecular flexibility index (Phi) is 7.46. The maximum absolute atomic E-state index is 5.14. The Labute approximate surface area is 111 Å². The second-order valence-electron chi connectivity index (χ2n) is 4.35. The van der Waals surface area contributed by atoms with Crippen LogP contribution >= 0.6 is 0 Å². The lowest BCUT2D eigenvalue weighted by molar-refractivity contribution is 0.202. The van der Waals surface area contributed by atoms with E-state index in [0.29, 0.717) is 0 Å². The van der Waals surface area contributed by atoms with Crippen molar-refractivity contribution in [1.29, 1.82) is 0 Å². The van der Waals surface area contributed by atoms with Crippen molar-refractivity contribution < 1.29 is 4.74 Å². The molecule has 1 aromatic carbocycles. The summed E-state index contributed by atoms with van der Waals surface area (Å²) in [7, 11) is 1.75. The second kappa shape index (κ2) is 8.95. The third-order valence-corrected chi connectivity index (χ3v) is 3.23. The molecule has 1 aromatic rings. The number of ether oxygens (including phenoxy) is 1. The third kappa shape index (κ3) is 5.07. The van der Waals surface area contributed by atoms with Crippen molar-refractivity contribution in [2.45, 2.75) is 20.3 Å². The Hall–Kier alpha value is -1.06. The molecule has 0 aliphatic heterocycles. The molecule has 0 radical (unpaired) electrons. The molecule has 0 fully saturated rings. The first-order valence-electron chi connectivity index (χ1n) is 6.84. The minimum atomic E-state index is 0.773. The summed E-state index contributed by atoms with van der Waals surface area (Å²) >= 11 is 0. The van der Waals surface area contributed by atoms with E-state index in [2.05, 4.69) is 48.3 Å². The van der Waals surface area contributed by atoms with Crippen LogP contribution in [0.4, 0.5) is 5.69 Å². The van der Waals surface area contributed by atoms with Crippen LogP contribution < -0.4 is 5.32 Å². The van der Waals surface area contributed by atoms with E-state index in [1.807, 2.05) is 0 Å². The minimum Gasteiger partial charge on any atom is -0.384 e. The van der Waals surface area contributed by atoms with Gasteiger partial charge in [0.15, 0.2) is 0 Å². The van der Waals surface area contributed by atoms with Gasteiger partial charge in [0.2, 0.25) is 0 Å². The smallest absolute Gasteiger partial charge is 0.0503 e. The van der Waals surface area contributed by atoms with E-state index in [-0.39, 0.29) is 0 Å². The van der Waals surface area contributed by atoms with E-state index in [1.54, 1.807) is 7.11 Å². The predicted molar refractivity (Wildman–Crippen MR) is 78.3 cm³/mol. The fourth-order valence-electron chi connectivity index (χ4n) is 2.01. The Balaban J connectivity index is 2.45.